The minimum absolute atomic E-state index is 0. The molecule has 27 heavy (non-hydrogen) atoms. The van der Waals surface area contributed by atoms with E-state index >= 15 is 0 Å². The summed E-state index contributed by atoms with van der Waals surface area (Å²) in [6.45, 7) is 3.00. The van der Waals surface area contributed by atoms with Crippen LogP contribution >= 0.6 is 0 Å². The molecule has 0 aromatic heterocycles. The zero-order chi connectivity index (χ0) is 18.1. The molecule has 0 bridgehead atoms. The first-order chi connectivity index (χ1) is 12.5. The summed E-state index contributed by atoms with van der Waals surface area (Å²) in [5, 5.41) is 2.84. The van der Waals surface area contributed by atoms with Crippen molar-refractivity contribution in [2.75, 3.05) is 31.5 Å². The third kappa shape index (κ3) is 5.13. The standard InChI is InChI=1S/C18H26N4O3S.K/c23-18(21-26(24,25)19-8-11-22-9-3-10-22)20-17-15-6-1-4-13(15)12-14-5-2-7-16(14)17;/h12,19H,1-11H2,(H2,20,21,23);. The Morgan fingerprint density at radius 2 is 1.63 bits per heavy atom. The molecular weight excluding hydrogens is 391 g/mol. The average molecular weight is 418 g/mol. The summed E-state index contributed by atoms with van der Waals surface area (Å²) < 4.78 is 28.7. The maximum Gasteiger partial charge on any atom is 0.333 e. The van der Waals surface area contributed by atoms with Gasteiger partial charge in [0.2, 0.25) is 0 Å². The number of carbonyl (C=O) groups is 1. The van der Waals surface area contributed by atoms with Crippen molar-refractivity contribution in [2.45, 2.75) is 44.9 Å². The Balaban J connectivity index is 0.00000210. The van der Waals surface area contributed by atoms with E-state index in [1.54, 1.807) is 0 Å². The molecule has 2 aliphatic carbocycles. The number of carbonyl (C=O) groups excluding carboxylic acids is 1. The predicted octanol–water partition coefficient (Wildman–Crippen LogP) is 0.945. The van der Waals surface area contributed by atoms with Gasteiger partial charge in [0.15, 0.2) is 0 Å². The molecule has 1 heterocycles. The van der Waals surface area contributed by atoms with E-state index in [4.69, 9.17) is 0 Å². The quantitative estimate of drug-likeness (QED) is 0.601. The third-order valence-corrected chi connectivity index (χ3v) is 6.65. The monoisotopic (exact) mass is 417 g/mol. The van der Waals surface area contributed by atoms with Crippen LogP contribution in [-0.4, -0.2) is 96.9 Å². The van der Waals surface area contributed by atoms with Gasteiger partial charge in [0.05, 0.1) is 0 Å². The molecule has 7 nitrogen and oxygen atoms in total. The van der Waals surface area contributed by atoms with Crippen LogP contribution in [-0.2, 0) is 35.9 Å². The largest absolute Gasteiger partial charge is 0.333 e. The number of nitrogens with zero attached hydrogens (tertiary/aromatic N) is 1. The van der Waals surface area contributed by atoms with Gasteiger partial charge in [-0.05, 0) is 80.3 Å². The molecule has 1 saturated heterocycles. The van der Waals surface area contributed by atoms with Crippen molar-refractivity contribution in [1.82, 2.24) is 14.3 Å². The maximum atomic E-state index is 12.3. The molecule has 9 heteroatoms. The molecule has 0 spiro atoms. The second-order valence-corrected chi connectivity index (χ2v) is 8.88. The third-order valence-electron chi connectivity index (χ3n) is 5.61. The molecule has 1 aromatic rings. The van der Waals surface area contributed by atoms with Crippen molar-refractivity contribution in [2.24, 2.45) is 0 Å². The van der Waals surface area contributed by atoms with E-state index in [9.17, 15) is 13.2 Å². The Hall–Kier alpha value is -0.00364. The Kier molecular flexibility index (Phi) is 7.40. The molecule has 143 valence electrons. The van der Waals surface area contributed by atoms with Crippen LogP contribution in [0.2, 0.25) is 0 Å². The summed E-state index contributed by atoms with van der Waals surface area (Å²) in [6.07, 6.45) is 7.30. The fourth-order valence-corrected chi connectivity index (χ4v) is 4.94. The number of nitrogens with one attached hydrogen (secondary N) is 3. The van der Waals surface area contributed by atoms with Crippen LogP contribution in [0.25, 0.3) is 0 Å². The number of aryl methyl sites for hydroxylation is 2. The Morgan fingerprint density at radius 1 is 1.00 bits per heavy atom. The van der Waals surface area contributed by atoms with Crippen LogP contribution in [0.1, 0.15) is 41.5 Å². The van der Waals surface area contributed by atoms with Crippen LogP contribution in [0.15, 0.2) is 6.07 Å². The number of anilines is 1. The summed E-state index contributed by atoms with van der Waals surface area (Å²) in [5.74, 6) is 0. The zero-order valence-corrected chi connectivity index (χ0v) is 19.9. The molecular formula is C18H26KN4O3S. The van der Waals surface area contributed by atoms with E-state index in [1.807, 2.05) is 0 Å². The van der Waals surface area contributed by atoms with Gasteiger partial charge < -0.3 is 10.2 Å². The van der Waals surface area contributed by atoms with Crippen molar-refractivity contribution in [3.05, 3.63) is 28.3 Å². The number of rotatable bonds is 6. The van der Waals surface area contributed by atoms with Gasteiger partial charge in [-0.1, -0.05) is 6.07 Å². The van der Waals surface area contributed by atoms with Crippen LogP contribution in [0, 0.1) is 0 Å². The number of amides is 2. The number of hydrogen-bond donors (Lipinski definition) is 3. The number of hydrogen-bond acceptors (Lipinski definition) is 4. The topological polar surface area (TPSA) is 90.5 Å². The van der Waals surface area contributed by atoms with Crippen LogP contribution in [0.5, 0.6) is 0 Å². The molecule has 1 aliphatic heterocycles. The Labute approximate surface area is 203 Å². The molecule has 4 rings (SSSR count). The fraction of sp³-hybridized carbons (Fsp3) is 0.611. The zero-order valence-electron chi connectivity index (χ0n) is 15.9. The van der Waals surface area contributed by atoms with E-state index < -0.39 is 16.2 Å². The average Bonchev–Trinajstić information content (AvgIpc) is 3.17. The molecule has 0 atom stereocenters. The second-order valence-electron chi connectivity index (χ2n) is 7.38. The number of urea groups is 1. The normalized spacial score (nSPS) is 18.2. The van der Waals surface area contributed by atoms with Gasteiger partial charge >= 0.3 is 16.2 Å². The Morgan fingerprint density at radius 3 is 2.19 bits per heavy atom. The molecule has 1 aromatic carbocycles. The first-order valence-corrected chi connectivity index (χ1v) is 11.0. The van der Waals surface area contributed by atoms with Crippen molar-refractivity contribution in [1.29, 1.82) is 0 Å². The van der Waals surface area contributed by atoms with E-state index in [2.05, 4.69) is 25.7 Å². The number of fused-ring (bicyclic) bond motifs is 2. The van der Waals surface area contributed by atoms with Gasteiger partial charge in [-0.25, -0.2) is 9.52 Å². The maximum absolute atomic E-state index is 12.3. The summed E-state index contributed by atoms with van der Waals surface area (Å²) in [5.41, 5.74) is 5.82. The van der Waals surface area contributed by atoms with Crippen molar-refractivity contribution >= 4 is 73.3 Å². The second kappa shape index (κ2) is 9.21. The van der Waals surface area contributed by atoms with Crippen LogP contribution in [0.3, 0.4) is 0 Å². The van der Waals surface area contributed by atoms with E-state index in [0.29, 0.717) is 13.1 Å². The SMILES string of the molecule is O=C(Nc1c2c(cc3c1CCC3)CCC2)NS(=O)(=O)NCCN1CCC1.[K]. The first kappa shape index (κ1) is 21.7. The van der Waals surface area contributed by atoms with Gasteiger partial charge in [-0.15, -0.1) is 0 Å². The summed E-state index contributed by atoms with van der Waals surface area (Å²) in [4.78, 5) is 14.5. The van der Waals surface area contributed by atoms with Gasteiger partial charge in [0.25, 0.3) is 0 Å². The molecule has 0 unspecified atom stereocenters. The molecule has 2 amide bonds. The van der Waals surface area contributed by atoms with Gasteiger partial charge in [0.1, 0.15) is 0 Å². The van der Waals surface area contributed by atoms with Gasteiger partial charge in [0, 0.05) is 70.2 Å². The predicted molar refractivity (Wildman–Crippen MR) is 106 cm³/mol. The molecule has 1 fully saturated rings. The van der Waals surface area contributed by atoms with Crippen molar-refractivity contribution in [3.63, 3.8) is 0 Å². The number of likely N-dealkylation sites (tertiary alicyclic amines) is 1. The van der Waals surface area contributed by atoms with E-state index in [1.165, 1.54) is 28.7 Å². The molecule has 3 N–H and O–H groups in total. The van der Waals surface area contributed by atoms with Crippen LogP contribution in [0.4, 0.5) is 10.5 Å². The molecule has 3 aliphatic rings. The van der Waals surface area contributed by atoms with Crippen molar-refractivity contribution < 1.29 is 13.2 Å². The smallest absolute Gasteiger partial charge is 0.307 e. The molecule has 0 saturated carbocycles. The minimum atomic E-state index is -3.85. The van der Waals surface area contributed by atoms with E-state index in [-0.39, 0.29) is 51.4 Å². The molecule has 1 radical (unpaired) electrons. The number of benzene rings is 1. The van der Waals surface area contributed by atoms with Crippen LogP contribution < -0.4 is 14.8 Å². The minimum Gasteiger partial charge on any atom is -0.307 e. The first-order valence-electron chi connectivity index (χ1n) is 9.49. The summed E-state index contributed by atoms with van der Waals surface area (Å²) in [7, 11) is -3.85. The summed E-state index contributed by atoms with van der Waals surface area (Å²) >= 11 is 0. The summed E-state index contributed by atoms with van der Waals surface area (Å²) in [6, 6.07) is 1.60. The van der Waals surface area contributed by atoms with E-state index in [0.717, 1.165) is 57.3 Å². The van der Waals surface area contributed by atoms with Gasteiger partial charge in [-0.3, -0.25) is 0 Å². The van der Waals surface area contributed by atoms with Gasteiger partial charge in [-0.2, -0.15) is 13.1 Å². The Bertz CT molecular complexity index is 792. The van der Waals surface area contributed by atoms with Crippen molar-refractivity contribution in [3.8, 4) is 0 Å². The fourth-order valence-electron chi connectivity index (χ4n) is 4.21.